The number of benzene rings is 3. The van der Waals surface area contributed by atoms with Gasteiger partial charge in [0, 0.05) is 62.0 Å². The number of carbonyl (C=O) groups is 1. The highest BCUT2D eigenvalue weighted by Gasteiger charge is 2.51. The van der Waals surface area contributed by atoms with Gasteiger partial charge in [0.25, 0.3) is 0 Å². The first-order valence-electron chi connectivity index (χ1n) is 18.6. The molecule has 2 heterocycles. The zero-order valence-electron chi connectivity index (χ0n) is 28.8. The van der Waals surface area contributed by atoms with Gasteiger partial charge in [-0.25, -0.2) is 4.79 Å². The van der Waals surface area contributed by atoms with E-state index in [-0.39, 0.29) is 36.3 Å². The van der Waals surface area contributed by atoms with Crippen LogP contribution in [0.5, 0.6) is 0 Å². The van der Waals surface area contributed by atoms with E-state index in [9.17, 15) is 9.90 Å². The zero-order chi connectivity index (χ0) is 33.4. The average Bonchev–Trinajstić information content (AvgIpc) is 3.10. The molecule has 4 saturated carbocycles. The van der Waals surface area contributed by atoms with E-state index >= 15 is 0 Å². The first-order chi connectivity index (χ1) is 23.9. The maximum Gasteiger partial charge on any atom is 0.319 e. The highest BCUT2D eigenvalue weighted by molar-refractivity contribution is 5.90. The number of aliphatic hydroxyl groups excluding tert-OH is 1. The van der Waals surface area contributed by atoms with Crippen molar-refractivity contribution < 1.29 is 19.4 Å². The number of aliphatic hydroxyl groups is 1. The van der Waals surface area contributed by atoms with Crippen LogP contribution in [0.15, 0.2) is 78.9 Å². The summed E-state index contributed by atoms with van der Waals surface area (Å²) in [5.41, 5.74) is 4.93. The number of rotatable bonds is 9. The van der Waals surface area contributed by atoms with Crippen molar-refractivity contribution in [3.05, 3.63) is 101 Å². The lowest BCUT2D eigenvalue weighted by Crippen LogP contribution is -2.60. The minimum atomic E-state index is -0.573. The fraction of sp³-hybridized carbons (Fsp3) is 0.537. The largest absolute Gasteiger partial charge is 0.392 e. The Bertz CT molecular complexity index is 1540. The maximum absolute atomic E-state index is 13.4. The van der Waals surface area contributed by atoms with Gasteiger partial charge in [0.15, 0.2) is 6.29 Å². The SMILES string of the molecule is C[C@@H]1[C@H](CN2CCN(Cc3ccccc3)CC2)O[C@H](c2cccc(NC(=O)NC34CC5CC(CC(C5)C3)C4)c2)O[C@@H]1c1ccc(CO)cc1. The van der Waals surface area contributed by atoms with E-state index < -0.39 is 6.29 Å². The van der Waals surface area contributed by atoms with E-state index in [1.165, 1.54) is 24.8 Å². The Morgan fingerprint density at radius 1 is 0.796 bits per heavy atom. The lowest BCUT2D eigenvalue weighted by atomic mass is 9.53. The molecule has 4 bridgehead atoms. The summed E-state index contributed by atoms with van der Waals surface area (Å²) in [5.74, 6) is 2.44. The molecule has 6 fully saturated rings. The van der Waals surface area contributed by atoms with Gasteiger partial charge in [0.1, 0.15) is 0 Å². The first-order valence-corrected chi connectivity index (χ1v) is 18.6. The number of amides is 2. The van der Waals surface area contributed by atoms with Gasteiger partial charge < -0.3 is 25.2 Å². The third kappa shape index (κ3) is 7.45. The second-order valence-corrected chi connectivity index (χ2v) is 15.8. The Morgan fingerprint density at radius 3 is 2.14 bits per heavy atom. The minimum absolute atomic E-state index is 0.0161. The van der Waals surface area contributed by atoms with Crippen LogP contribution in [0.3, 0.4) is 0 Å². The molecule has 0 aromatic heterocycles. The summed E-state index contributed by atoms with van der Waals surface area (Å²) in [4.78, 5) is 18.5. The topological polar surface area (TPSA) is 86.3 Å². The van der Waals surface area contributed by atoms with Crippen molar-refractivity contribution >= 4 is 11.7 Å². The van der Waals surface area contributed by atoms with Crippen LogP contribution in [0.2, 0.25) is 0 Å². The number of ether oxygens (including phenoxy) is 2. The third-order valence-corrected chi connectivity index (χ3v) is 12.1. The number of anilines is 1. The normalized spacial score (nSPS) is 33.0. The number of urea groups is 1. The lowest BCUT2D eigenvalue weighted by Gasteiger charge is -2.56. The van der Waals surface area contributed by atoms with E-state index in [4.69, 9.17) is 9.47 Å². The predicted molar refractivity (Wildman–Crippen MR) is 191 cm³/mol. The Balaban J connectivity index is 0.952. The molecular formula is C41H52N4O4. The lowest BCUT2D eigenvalue weighted by molar-refractivity contribution is -0.276. The molecular weight excluding hydrogens is 612 g/mol. The third-order valence-electron chi connectivity index (χ3n) is 12.1. The van der Waals surface area contributed by atoms with Crippen LogP contribution >= 0.6 is 0 Å². The summed E-state index contributed by atoms with van der Waals surface area (Å²) in [6.07, 6.45) is 6.63. The van der Waals surface area contributed by atoms with Gasteiger partial charge in [-0.05, 0) is 85.1 Å². The molecule has 8 heteroatoms. The van der Waals surface area contributed by atoms with E-state index in [2.05, 4.69) is 69.8 Å². The number of nitrogens with one attached hydrogen (secondary N) is 2. The standard InChI is InChI=1S/C41H52N4O4/c1-28-37(26-45-16-14-44(15-17-45)25-29-6-3-2-4-7-29)48-39(49-38(28)34-12-10-30(27-46)11-13-34)35-8-5-9-36(21-35)42-40(47)43-41-22-31-18-32(23-41)20-33(19-31)24-41/h2-13,21,28,31-33,37-39,46H,14-20,22-27H2,1H3,(H2,42,43,47)/t28-,31?,32?,33?,37+,38+,39+,41?/m1/s1. The number of hydrogen-bond donors (Lipinski definition) is 3. The average molecular weight is 665 g/mol. The Hall–Kier alpha value is -3.27. The highest BCUT2D eigenvalue weighted by atomic mass is 16.7. The minimum Gasteiger partial charge on any atom is -0.392 e. The summed E-state index contributed by atoms with van der Waals surface area (Å²) >= 11 is 0. The maximum atomic E-state index is 13.4. The second kappa shape index (κ2) is 14.2. The van der Waals surface area contributed by atoms with Crippen molar-refractivity contribution in [2.24, 2.45) is 23.7 Å². The van der Waals surface area contributed by atoms with E-state index in [1.807, 2.05) is 36.4 Å². The number of hydrogen-bond acceptors (Lipinski definition) is 6. The van der Waals surface area contributed by atoms with Crippen molar-refractivity contribution in [2.45, 2.75) is 82.6 Å². The molecule has 3 N–H and O–H groups in total. The van der Waals surface area contributed by atoms with Crippen LogP contribution in [0.25, 0.3) is 0 Å². The van der Waals surface area contributed by atoms with Crippen molar-refractivity contribution in [3.8, 4) is 0 Å². The molecule has 4 aliphatic carbocycles. The molecule has 6 aliphatic rings. The zero-order valence-corrected chi connectivity index (χ0v) is 28.8. The number of nitrogens with zero attached hydrogens (tertiary/aromatic N) is 2. The molecule has 2 aliphatic heterocycles. The molecule has 0 spiro atoms. The van der Waals surface area contributed by atoms with Gasteiger partial charge in [0.2, 0.25) is 0 Å². The van der Waals surface area contributed by atoms with Crippen LogP contribution < -0.4 is 10.6 Å². The Morgan fingerprint density at radius 2 is 1.47 bits per heavy atom. The first kappa shape index (κ1) is 32.9. The summed E-state index contributed by atoms with van der Waals surface area (Å²) < 4.78 is 13.6. The molecule has 2 saturated heterocycles. The molecule has 3 aromatic carbocycles. The summed E-state index contributed by atoms with van der Waals surface area (Å²) in [7, 11) is 0. The number of piperazine rings is 1. The molecule has 260 valence electrons. The molecule has 9 rings (SSSR count). The van der Waals surface area contributed by atoms with Gasteiger partial charge >= 0.3 is 6.03 Å². The fourth-order valence-electron chi connectivity index (χ4n) is 9.98. The summed E-state index contributed by atoms with van der Waals surface area (Å²) in [5, 5.41) is 16.3. The number of carbonyl (C=O) groups excluding carboxylic acids is 1. The molecule has 2 amide bonds. The van der Waals surface area contributed by atoms with Crippen LogP contribution in [0.4, 0.5) is 10.5 Å². The predicted octanol–water partition coefficient (Wildman–Crippen LogP) is 6.88. The van der Waals surface area contributed by atoms with Crippen LogP contribution in [-0.4, -0.2) is 65.3 Å². The smallest absolute Gasteiger partial charge is 0.319 e. The van der Waals surface area contributed by atoms with Crippen molar-refractivity contribution in [3.63, 3.8) is 0 Å². The monoisotopic (exact) mass is 664 g/mol. The van der Waals surface area contributed by atoms with E-state index in [1.54, 1.807) is 0 Å². The van der Waals surface area contributed by atoms with Gasteiger partial charge in [-0.15, -0.1) is 0 Å². The Kier molecular flexibility index (Phi) is 9.51. The molecule has 0 unspecified atom stereocenters. The van der Waals surface area contributed by atoms with Crippen LogP contribution in [0, 0.1) is 23.7 Å². The molecule has 8 nitrogen and oxygen atoms in total. The van der Waals surface area contributed by atoms with E-state index in [0.717, 1.165) is 98.7 Å². The Labute approximate surface area is 291 Å². The van der Waals surface area contributed by atoms with Gasteiger partial charge in [-0.2, -0.15) is 0 Å². The van der Waals surface area contributed by atoms with Gasteiger partial charge in [0.05, 0.1) is 18.8 Å². The summed E-state index contributed by atoms with van der Waals surface area (Å²) in [6, 6.07) is 26.7. The van der Waals surface area contributed by atoms with Gasteiger partial charge in [-0.3, -0.25) is 9.80 Å². The molecule has 3 aromatic rings. The van der Waals surface area contributed by atoms with Crippen LogP contribution in [0.1, 0.15) is 80.1 Å². The van der Waals surface area contributed by atoms with Crippen LogP contribution in [-0.2, 0) is 22.6 Å². The van der Waals surface area contributed by atoms with Crippen molar-refractivity contribution in [2.75, 3.05) is 38.0 Å². The molecule has 49 heavy (non-hydrogen) atoms. The quantitative estimate of drug-likeness (QED) is 0.231. The van der Waals surface area contributed by atoms with E-state index in [0.29, 0.717) is 0 Å². The molecule has 4 atom stereocenters. The highest BCUT2D eigenvalue weighted by Crippen LogP contribution is 2.55. The second-order valence-electron chi connectivity index (χ2n) is 15.8. The van der Waals surface area contributed by atoms with Gasteiger partial charge in [-0.1, -0.05) is 73.7 Å². The molecule has 0 radical (unpaired) electrons. The summed E-state index contributed by atoms with van der Waals surface area (Å²) in [6.45, 7) is 8.11. The van der Waals surface area contributed by atoms with Crippen molar-refractivity contribution in [1.29, 1.82) is 0 Å². The fourth-order valence-corrected chi connectivity index (χ4v) is 9.98. The van der Waals surface area contributed by atoms with Crippen molar-refractivity contribution in [1.82, 2.24) is 15.1 Å².